The fraction of sp³-hybridized carbons (Fsp3) is 0.606. The largest absolute Gasteiger partial charge is 0.389 e. The molecule has 1 fully saturated rings. The van der Waals surface area contributed by atoms with Crippen molar-refractivity contribution in [1.29, 1.82) is 5.26 Å². The maximum absolute atomic E-state index is 13.7. The Hall–Kier alpha value is -3.49. The summed E-state index contributed by atoms with van der Waals surface area (Å²) in [7, 11) is 4.20. The molecule has 2 N–H and O–H groups in total. The highest BCUT2D eigenvalue weighted by Crippen LogP contribution is 2.55. The van der Waals surface area contributed by atoms with Gasteiger partial charge in [0.1, 0.15) is 22.7 Å². The van der Waals surface area contributed by atoms with E-state index in [1.165, 1.54) is 4.88 Å². The van der Waals surface area contributed by atoms with Crippen molar-refractivity contribution in [2.45, 2.75) is 96.1 Å². The van der Waals surface area contributed by atoms with Gasteiger partial charge < -0.3 is 20.1 Å². The van der Waals surface area contributed by atoms with E-state index in [9.17, 15) is 10.1 Å². The van der Waals surface area contributed by atoms with Crippen LogP contribution in [0.5, 0.6) is 0 Å². The van der Waals surface area contributed by atoms with Crippen LogP contribution in [-0.2, 0) is 29.5 Å². The van der Waals surface area contributed by atoms with Crippen molar-refractivity contribution in [3.8, 4) is 17.6 Å². The number of rotatable bonds is 6. The third-order valence-corrected chi connectivity index (χ3v) is 11.5. The van der Waals surface area contributed by atoms with Crippen molar-refractivity contribution < 1.29 is 9.32 Å². The van der Waals surface area contributed by atoms with Crippen LogP contribution in [0.3, 0.4) is 0 Å². The van der Waals surface area contributed by atoms with Crippen molar-refractivity contribution in [3.05, 3.63) is 32.9 Å². The molecule has 4 aliphatic rings. The lowest BCUT2D eigenvalue weighted by Gasteiger charge is -2.39. The topological polar surface area (TPSA) is 128 Å². The Kier molecular flexibility index (Phi) is 7.20. The highest BCUT2D eigenvalue weighted by molar-refractivity contribution is 7.16. The van der Waals surface area contributed by atoms with Crippen LogP contribution >= 0.6 is 11.3 Å². The Bertz CT molecular complexity index is 1670. The molecule has 7 rings (SSSR count). The van der Waals surface area contributed by atoms with E-state index < -0.39 is 5.41 Å². The average Bonchev–Trinajstić information content (AvgIpc) is 3.76. The fourth-order valence-electron chi connectivity index (χ4n) is 8.58. The molecule has 0 bridgehead atoms. The molecule has 2 aliphatic carbocycles. The predicted octanol–water partition coefficient (Wildman–Crippen LogP) is 5.07. The normalized spacial score (nSPS) is 23.6. The molecular weight excluding hydrogens is 572 g/mol. The van der Waals surface area contributed by atoms with E-state index in [4.69, 9.17) is 20.2 Å². The number of likely N-dealkylation sites (tertiary alicyclic amines) is 1. The monoisotopic (exact) mass is 614 g/mol. The van der Waals surface area contributed by atoms with E-state index in [1.807, 2.05) is 4.90 Å². The summed E-state index contributed by atoms with van der Waals surface area (Å²) < 4.78 is 6.30. The number of nitrogens with two attached hydrogens (primary N) is 1. The van der Waals surface area contributed by atoms with E-state index >= 15 is 0 Å². The van der Waals surface area contributed by atoms with Crippen LogP contribution < -0.4 is 15.5 Å². The summed E-state index contributed by atoms with van der Waals surface area (Å²) in [5, 5.41) is 15.4. The van der Waals surface area contributed by atoms with E-state index in [1.54, 1.807) is 11.3 Å². The van der Waals surface area contributed by atoms with Crippen LogP contribution in [0.4, 0.5) is 16.6 Å². The van der Waals surface area contributed by atoms with Gasteiger partial charge in [-0.3, -0.25) is 9.69 Å². The van der Waals surface area contributed by atoms with E-state index in [0.29, 0.717) is 40.2 Å². The van der Waals surface area contributed by atoms with Crippen LogP contribution in [0.2, 0.25) is 0 Å². The lowest BCUT2D eigenvalue weighted by Crippen LogP contribution is -2.48. The van der Waals surface area contributed by atoms with Gasteiger partial charge in [0.2, 0.25) is 5.91 Å². The minimum absolute atomic E-state index is 0.00846. The number of aromatic nitrogens is 3. The smallest absolute Gasteiger partial charge is 0.233 e. The van der Waals surface area contributed by atoms with Crippen LogP contribution in [0.15, 0.2) is 4.52 Å². The van der Waals surface area contributed by atoms with E-state index in [2.05, 4.69) is 55.9 Å². The van der Waals surface area contributed by atoms with Gasteiger partial charge >= 0.3 is 0 Å². The van der Waals surface area contributed by atoms with Gasteiger partial charge in [-0.05, 0) is 83.4 Å². The number of carbonyl (C=O) groups is 1. The average molecular weight is 615 g/mol. The zero-order valence-corrected chi connectivity index (χ0v) is 27.3. The van der Waals surface area contributed by atoms with Crippen LogP contribution in [0.25, 0.3) is 11.5 Å². The predicted molar refractivity (Wildman–Crippen MR) is 172 cm³/mol. The van der Waals surface area contributed by atoms with Gasteiger partial charge in [-0.2, -0.15) is 5.26 Å². The van der Waals surface area contributed by atoms with Crippen molar-refractivity contribution in [3.63, 3.8) is 0 Å². The minimum atomic E-state index is -0.414. The number of hydrogen-bond donors (Lipinski definition) is 1. The molecule has 11 heteroatoms. The molecule has 3 aromatic heterocycles. The van der Waals surface area contributed by atoms with Crippen molar-refractivity contribution >= 4 is 33.9 Å². The van der Waals surface area contributed by atoms with Crippen molar-refractivity contribution in [2.24, 2.45) is 5.92 Å². The number of aryl methyl sites for hydroxylation is 1. The molecule has 0 unspecified atom stereocenters. The van der Waals surface area contributed by atoms with Gasteiger partial charge in [0.15, 0.2) is 17.3 Å². The number of anilines is 3. The second-order valence-corrected chi connectivity index (χ2v) is 14.8. The Labute approximate surface area is 263 Å². The SMILES string of the molecule is CC(C)CN(C)c1nc(-c2noc3c2CCC[C@@]32CCCc3sc(N)c(C#N)c32)nc2c1CC(=O)N2[C@H](C)[C@@H]1CCCN1C. The molecule has 232 valence electrons. The molecule has 2 aliphatic heterocycles. The quantitative estimate of drug-likeness (QED) is 0.405. The lowest BCUT2D eigenvalue weighted by atomic mass is 9.63. The first-order valence-electron chi connectivity index (χ1n) is 16.1. The summed E-state index contributed by atoms with van der Waals surface area (Å²) in [4.78, 5) is 31.6. The molecule has 44 heavy (non-hydrogen) atoms. The maximum atomic E-state index is 13.7. The van der Waals surface area contributed by atoms with E-state index in [0.717, 1.165) is 92.7 Å². The minimum Gasteiger partial charge on any atom is -0.389 e. The molecule has 3 aromatic rings. The summed E-state index contributed by atoms with van der Waals surface area (Å²) in [6.45, 7) is 8.37. The first kappa shape index (κ1) is 29.2. The number of carbonyl (C=O) groups excluding carboxylic acids is 1. The maximum Gasteiger partial charge on any atom is 0.233 e. The number of nitriles is 1. The summed E-state index contributed by atoms with van der Waals surface area (Å²) in [6, 6.07) is 2.68. The number of amides is 1. The summed E-state index contributed by atoms with van der Waals surface area (Å²) in [5.74, 6) is 3.34. The molecule has 0 radical (unpaired) electrons. The number of thiophene rings is 1. The van der Waals surface area contributed by atoms with Gasteiger partial charge in [0, 0.05) is 35.6 Å². The summed E-state index contributed by atoms with van der Waals surface area (Å²) in [5.41, 5.74) is 10.2. The summed E-state index contributed by atoms with van der Waals surface area (Å²) in [6.07, 6.45) is 7.98. The Morgan fingerprint density at radius 2 is 1.95 bits per heavy atom. The second-order valence-electron chi connectivity index (χ2n) is 13.7. The molecule has 1 saturated heterocycles. The van der Waals surface area contributed by atoms with Gasteiger partial charge in [-0.15, -0.1) is 11.3 Å². The fourth-order valence-corrected chi connectivity index (χ4v) is 9.74. The molecule has 0 saturated carbocycles. The molecule has 1 amide bonds. The first-order chi connectivity index (χ1) is 21.1. The first-order valence-corrected chi connectivity index (χ1v) is 16.9. The van der Waals surface area contributed by atoms with Crippen LogP contribution in [0.1, 0.15) is 92.2 Å². The molecule has 5 heterocycles. The highest BCUT2D eigenvalue weighted by atomic mass is 32.1. The third-order valence-electron chi connectivity index (χ3n) is 10.4. The van der Waals surface area contributed by atoms with Gasteiger partial charge in [0.25, 0.3) is 0 Å². The zero-order valence-electron chi connectivity index (χ0n) is 26.4. The molecular formula is C33H42N8O2S. The zero-order chi connectivity index (χ0) is 30.9. The van der Waals surface area contributed by atoms with Gasteiger partial charge in [-0.1, -0.05) is 19.0 Å². The van der Waals surface area contributed by atoms with Crippen LogP contribution in [0, 0.1) is 17.2 Å². The number of hydrogen-bond acceptors (Lipinski definition) is 10. The molecule has 10 nitrogen and oxygen atoms in total. The standard InChI is InChI=1S/C33H42N8O2S/c1-18(2)17-40(5)31-21-15-25(42)41(19(3)23-10-8-14-39(23)4)32(21)37-30(36-31)27-20-9-6-12-33(28(20)43-38-27)13-7-11-24-26(33)22(16-34)29(35)44-24/h18-19,23H,6-15,17,35H2,1-5H3/t19-,23+,33+/m1/s1. The summed E-state index contributed by atoms with van der Waals surface area (Å²) >= 11 is 1.55. The van der Waals surface area contributed by atoms with E-state index in [-0.39, 0.29) is 18.0 Å². The van der Waals surface area contributed by atoms with Crippen LogP contribution in [-0.4, -0.2) is 65.2 Å². The van der Waals surface area contributed by atoms with Gasteiger partial charge in [0.05, 0.1) is 23.4 Å². The molecule has 1 spiro atoms. The third kappa shape index (κ3) is 4.36. The van der Waals surface area contributed by atoms with Gasteiger partial charge in [-0.25, -0.2) is 9.97 Å². The lowest BCUT2D eigenvalue weighted by molar-refractivity contribution is -0.118. The Morgan fingerprint density at radius 1 is 1.18 bits per heavy atom. The number of fused-ring (bicyclic) bond motifs is 5. The molecule has 3 atom stereocenters. The number of likely N-dealkylation sites (N-methyl/N-ethyl adjacent to an activating group) is 1. The Balaban J connectivity index is 1.37. The highest BCUT2D eigenvalue weighted by Gasteiger charge is 2.49. The number of nitrogens with zero attached hydrogens (tertiary/aromatic N) is 7. The second kappa shape index (κ2) is 10.8. The van der Waals surface area contributed by atoms with Crippen molar-refractivity contribution in [2.75, 3.05) is 42.7 Å². The Morgan fingerprint density at radius 3 is 2.66 bits per heavy atom. The van der Waals surface area contributed by atoms with Crippen molar-refractivity contribution in [1.82, 2.24) is 20.0 Å². The number of nitrogen functional groups attached to an aromatic ring is 1. The molecule has 0 aromatic carbocycles.